The van der Waals surface area contributed by atoms with Crippen molar-refractivity contribution in [3.63, 3.8) is 0 Å². The summed E-state index contributed by atoms with van der Waals surface area (Å²) in [7, 11) is 0. The molecular formula is C26H23F3N4O6. The summed E-state index contributed by atoms with van der Waals surface area (Å²) in [5.74, 6) is 0.746. The van der Waals surface area contributed by atoms with Crippen molar-refractivity contribution in [2.45, 2.75) is 26.1 Å². The topological polar surface area (TPSA) is 129 Å². The number of ether oxygens (including phenoxy) is 2. The summed E-state index contributed by atoms with van der Waals surface area (Å²) >= 11 is 0. The zero-order valence-electron chi connectivity index (χ0n) is 20.6. The molecule has 0 saturated carbocycles. The van der Waals surface area contributed by atoms with E-state index in [0.717, 1.165) is 6.07 Å². The van der Waals surface area contributed by atoms with Crippen molar-refractivity contribution in [1.82, 2.24) is 0 Å². The van der Waals surface area contributed by atoms with Gasteiger partial charge in [0, 0.05) is 23.8 Å². The van der Waals surface area contributed by atoms with Crippen LogP contribution >= 0.6 is 0 Å². The Hall–Kier alpha value is -4.94. The first-order chi connectivity index (χ1) is 18.5. The van der Waals surface area contributed by atoms with E-state index in [-0.39, 0.29) is 24.6 Å². The van der Waals surface area contributed by atoms with E-state index in [2.05, 4.69) is 17.1 Å². The predicted molar refractivity (Wildman–Crippen MR) is 138 cm³/mol. The fraction of sp³-hybridized carbons (Fsp3) is 0.192. The Balaban J connectivity index is 1.88. The number of nitrogens with one attached hydrogen (secondary N) is 1. The van der Waals surface area contributed by atoms with E-state index in [1.54, 1.807) is 37.3 Å². The highest BCUT2D eigenvalue weighted by molar-refractivity contribution is 5.82. The summed E-state index contributed by atoms with van der Waals surface area (Å²) in [6, 6.07) is 11.4. The van der Waals surface area contributed by atoms with Crippen LogP contribution in [0.4, 0.5) is 30.2 Å². The van der Waals surface area contributed by atoms with Crippen molar-refractivity contribution in [1.29, 1.82) is 0 Å². The lowest BCUT2D eigenvalue weighted by Gasteiger charge is -2.17. The van der Waals surface area contributed by atoms with Crippen molar-refractivity contribution >= 4 is 23.3 Å². The number of anilines is 1. The van der Waals surface area contributed by atoms with Crippen molar-refractivity contribution in [2.75, 3.05) is 12.0 Å². The lowest BCUT2D eigenvalue weighted by molar-refractivity contribution is -0.385. The van der Waals surface area contributed by atoms with Crippen LogP contribution in [0.25, 0.3) is 0 Å². The monoisotopic (exact) mass is 544 g/mol. The molecule has 10 nitrogen and oxygen atoms in total. The maximum atomic E-state index is 12.9. The van der Waals surface area contributed by atoms with Crippen LogP contribution in [0.15, 0.2) is 72.4 Å². The lowest BCUT2D eigenvalue weighted by atomic mass is 10.1. The number of halogens is 3. The fourth-order valence-electron chi connectivity index (χ4n) is 3.54. The molecule has 1 N–H and O–H groups in total. The van der Waals surface area contributed by atoms with Gasteiger partial charge in [0.25, 0.3) is 11.4 Å². The number of nitro groups is 2. The van der Waals surface area contributed by atoms with Crippen LogP contribution in [0.2, 0.25) is 0 Å². The molecule has 0 fully saturated rings. The van der Waals surface area contributed by atoms with Crippen LogP contribution in [0.3, 0.4) is 0 Å². The molecule has 0 aliphatic heterocycles. The second-order valence-electron chi connectivity index (χ2n) is 8.01. The van der Waals surface area contributed by atoms with Crippen molar-refractivity contribution < 1.29 is 32.5 Å². The summed E-state index contributed by atoms with van der Waals surface area (Å²) in [4.78, 5) is 20.9. The maximum Gasteiger partial charge on any atom is 0.416 e. The molecule has 204 valence electrons. The molecule has 0 spiro atoms. The lowest BCUT2D eigenvalue weighted by Crippen LogP contribution is -2.07. The van der Waals surface area contributed by atoms with Crippen molar-refractivity contribution in [2.24, 2.45) is 5.10 Å². The number of rotatable bonds is 12. The summed E-state index contributed by atoms with van der Waals surface area (Å²) in [5, 5.41) is 26.3. The Kier molecular flexibility index (Phi) is 9.20. The summed E-state index contributed by atoms with van der Waals surface area (Å²) in [5.41, 5.74) is 1.91. The Labute approximate surface area is 220 Å². The number of hydrogen-bond acceptors (Lipinski definition) is 8. The fourth-order valence-corrected chi connectivity index (χ4v) is 3.54. The van der Waals surface area contributed by atoms with Crippen molar-refractivity contribution in [3.05, 3.63) is 110 Å². The third-order valence-corrected chi connectivity index (χ3v) is 5.24. The van der Waals surface area contributed by atoms with Gasteiger partial charge in [-0.05, 0) is 48.7 Å². The molecule has 0 radical (unpaired) electrons. The molecule has 0 bridgehead atoms. The summed E-state index contributed by atoms with van der Waals surface area (Å²) in [6.07, 6.45) is -1.41. The second kappa shape index (κ2) is 12.5. The molecule has 0 aromatic heterocycles. The average molecular weight is 544 g/mol. The molecule has 0 heterocycles. The van der Waals surface area contributed by atoms with E-state index in [4.69, 9.17) is 9.47 Å². The Bertz CT molecular complexity index is 1410. The highest BCUT2D eigenvalue weighted by Gasteiger charge is 2.33. The number of nitro benzene ring substituents is 2. The van der Waals surface area contributed by atoms with E-state index in [9.17, 15) is 33.4 Å². The van der Waals surface area contributed by atoms with E-state index in [1.807, 2.05) is 0 Å². The molecule has 0 aliphatic rings. The number of allylic oxidation sites excluding steroid dienone is 1. The predicted octanol–water partition coefficient (Wildman–Crippen LogP) is 6.67. The Morgan fingerprint density at radius 3 is 2.46 bits per heavy atom. The van der Waals surface area contributed by atoms with Crippen LogP contribution < -0.4 is 14.9 Å². The molecule has 3 rings (SSSR count). The number of hydrogen-bond donors (Lipinski definition) is 1. The largest absolute Gasteiger partial charge is 0.490 e. The smallest absolute Gasteiger partial charge is 0.416 e. The SMILES string of the molecule is C=CCc1cc(/C=N\Nc2ccc(C(F)(F)F)cc2[N+](=O)[O-])cc(OCC)c1OCc1cccc([N+](=O)[O-])c1. The van der Waals surface area contributed by atoms with E-state index in [1.165, 1.54) is 18.3 Å². The molecule has 39 heavy (non-hydrogen) atoms. The van der Waals surface area contributed by atoms with Gasteiger partial charge in [-0.15, -0.1) is 6.58 Å². The molecule has 3 aromatic carbocycles. The van der Waals surface area contributed by atoms with Gasteiger partial charge in [0.05, 0.1) is 28.2 Å². The normalized spacial score (nSPS) is 11.3. The highest BCUT2D eigenvalue weighted by atomic mass is 19.4. The average Bonchev–Trinajstić information content (AvgIpc) is 2.88. The van der Waals surface area contributed by atoms with Gasteiger partial charge in [0.1, 0.15) is 12.3 Å². The van der Waals surface area contributed by atoms with Crippen molar-refractivity contribution in [3.8, 4) is 11.5 Å². The van der Waals surface area contributed by atoms with Gasteiger partial charge in [-0.2, -0.15) is 18.3 Å². The maximum absolute atomic E-state index is 12.9. The van der Waals surface area contributed by atoms with Gasteiger partial charge in [0.2, 0.25) is 0 Å². The van der Waals surface area contributed by atoms with Gasteiger partial charge in [-0.25, -0.2) is 0 Å². The second-order valence-corrected chi connectivity index (χ2v) is 8.01. The number of non-ortho nitro benzene ring substituents is 1. The van der Waals surface area contributed by atoms with Crippen LogP contribution in [0, 0.1) is 20.2 Å². The first-order valence-electron chi connectivity index (χ1n) is 11.4. The minimum Gasteiger partial charge on any atom is -0.490 e. The molecular weight excluding hydrogens is 521 g/mol. The molecule has 0 amide bonds. The standard InChI is InChI=1S/C26H23F3N4O6/c1-3-6-19-11-18(15-30-31-22-10-9-20(26(27,28)29)14-23(22)33(36)37)13-24(38-4-2)25(19)39-16-17-7-5-8-21(12-17)32(34)35/h3,5,7-15,31H,1,4,6,16H2,2H3/b30-15-. The molecule has 13 heteroatoms. The van der Waals surface area contributed by atoms with Gasteiger partial charge in [0.15, 0.2) is 11.5 Å². The van der Waals surface area contributed by atoms with Gasteiger partial charge >= 0.3 is 6.18 Å². The van der Waals surface area contributed by atoms with Gasteiger partial charge in [-0.1, -0.05) is 18.2 Å². The quantitative estimate of drug-likeness (QED) is 0.117. The van der Waals surface area contributed by atoms with Crippen LogP contribution in [-0.2, 0) is 19.2 Å². The van der Waals surface area contributed by atoms with Crippen LogP contribution in [0.1, 0.15) is 29.2 Å². The molecule has 3 aromatic rings. The Morgan fingerprint density at radius 1 is 1.05 bits per heavy atom. The minimum atomic E-state index is -4.73. The Morgan fingerprint density at radius 2 is 1.82 bits per heavy atom. The highest BCUT2D eigenvalue weighted by Crippen LogP contribution is 2.36. The summed E-state index contributed by atoms with van der Waals surface area (Å²) < 4.78 is 50.5. The van der Waals surface area contributed by atoms with E-state index >= 15 is 0 Å². The third-order valence-electron chi connectivity index (χ3n) is 5.24. The molecule has 0 aliphatic carbocycles. The number of benzene rings is 3. The molecule has 0 unspecified atom stereocenters. The van der Waals surface area contributed by atoms with Crippen LogP contribution in [-0.4, -0.2) is 22.7 Å². The molecule has 0 saturated heterocycles. The number of nitrogens with zero attached hydrogens (tertiary/aromatic N) is 3. The van der Waals surface area contributed by atoms with Gasteiger partial charge in [-0.3, -0.25) is 25.7 Å². The van der Waals surface area contributed by atoms with E-state index in [0.29, 0.717) is 46.7 Å². The first-order valence-corrected chi connectivity index (χ1v) is 11.4. The summed E-state index contributed by atoms with van der Waals surface area (Å²) in [6.45, 7) is 5.83. The first kappa shape index (κ1) is 28.6. The zero-order chi connectivity index (χ0) is 28.6. The number of alkyl halides is 3. The van der Waals surface area contributed by atoms with E-state index < -0.39 is 27.3 Å². The van der Waals surface area contributed by atoms with Gasteiger partial charge < -0.3 is 9.47 Å². The molecule has 0 atom stereocenters. The third kappa shape index (κ3) is 7.53. The minimum absolute atomic E-state index is 0.0263. The van der Waals surface area contributed by atoms with Crippen LogP contribution in [0.5, 0.6) is 11.5 Å². The number of hydrazone groups is 1. The zero-order valence-corrected chi connectivity index (χ0v) is 20.6.